The molecular formula is C19H30N2O. The fourth-order valence-electron chi connectivity index (χ4n) is 3.94. The van der Waals surface area contributed by atoms with E-state index in [4.69, 9.17) is 4.74 Å². The Morgan fingerprint density at radius 1 is 1.09 bits per heavy atom. The zero-order chi connectivity index (χ0) is 15.2. The largest absolute Gasteiger partial charge is 0.379 e. The van der Waals surface area contributed by atoms with Crippen LogP contribution in [0.3, 0.4) is 0 Å². The van der Waals surface area contributed by atoms with Gasteiger partial charge in [0.15, 0.2) is 0 Å². The van der Waals surface area contributed by atoms with Crippen molar-refractivity contribution in [3.63, 3.8) is 0 Å². The van der Waals surface area contributed by atoms with Crippen molar-refractivity contribution in [2.45, 2.75) is 50.6 Å². The number of morpholine rings is 1. The summed E-state index contributed by atoms with van der Waals surface area (Å²) in [5, 5.41) is 3.86. The summed E-state index contributed by atoms with van der Waals surface area (Å²) in [5.74, 6) is 0.772. The molecular weight excluding hydrogens is 272 g/mol. The van der Waals surface area contributed by atoms with Gasteiger partial charge >= 0.3 is 0 Å². The predicted molar refractivity (Wildman–Crippen MR) is 91.3 cm³/mol. The van der Waals surface area contributed by atoms with E-state index in [1.165, 1.54) is 31.2 Å². The lowest BCUT2D eigenvalue weighted by atomic mass is 9.81. The van der Waals surface area contributed by atoms with E-state index < -0.39 is 0 Å². The first kappa shape index (κ1) is 16.0. The van der Waals surface area contributed by atoms with Crippen LogP contribution in [0.4, 0.5) is 0 Å². The molecule has 22 heavy (non-hydrogen) atoms. The maximum absolute atomic E-state index is 5.42. The third kappa shape index (κ3) is 4.55. The summed E-state index contributed by atoms with van der Waals surface area (Å²) in [6.45, 7) is 7.46. The molecule has 122 valence electrons. The smallest absolute Gasteiger partial charge is 0.0594 e. The van der Waals surface area contributed by atoms with Gasteiger partial charge in [0, 0.05) is 31.7 Å². The van der Waals surface area contributed by atoms with Crippen molar-refractivity contribution in [1.29, 1.82) is 0 Å². The van der Waals surface area contributed by atoms with Crippen molar-refractivity contribution in [2.24, 2.45) is 0 Å². The molecule has 0 aromatic heterocycles. The van der Waals surface area contributed by atoms with Crippen LogP contribution in [0.2, 0.25) is 0 Å². The number of hydrogen-bond donors (Lipinski definition) is 1. The molecule has 1 N–H and O–H groups in total. The molecule has 1 atom stereocenters. The Kier molecular flexibility index (Phi) is 5.88. The summed E-state index contributed by atoms with van der Waals surface area (Å²) >= 11 is 0. The first-order chi connectivity index (χ1) is 10.8. The molecule has 2 aliphatic rings. The second kappa shape index (κ2) is 8.09. The maximum Gasteiger partial charge on any atom is 0.0594 e. The van der Waals surface area contributed by atoms with E-state index in [0.717, 1.165) is 38.8 Å². The quantitative estimate of drug-likeness (QED) is 0.905. The number of hydrogen-bond acceptors (Lipinski definition) is 3. The number of ether oxygens (including phenoxy) is 1. The average molecular weight is 302 g/mol. The van der Waals surface area contributed by atoms with Crippen molar-refractivity contribution in [3.8, 4) is 0 Å². The highest BCUT2D eigenvalue weighted by molar-refractivity contribution is 5.20. The van der Waals surface area contributed by atoms with Crippen LogP contribution < -0.4 is 5.32 Å². The van der Waals surface area contributed by atoms with E-state index in [-0.39, 0.29) is 0 Å². The number of nitrogens with one attached hydrogen (secondary N) is 1. The van der Waals surface area contributed by atoms with Gasteiger partial charge < -0.3 is 10.1 Å². The maximum atomic E-state index is 5.42. The van der Waals surface area contributed by atoms with Gasteiger partial charge in [-0.3, -0.25) is 4.90 Å². The van der Waals surface area contributed by atoms with Crippen LogP contribution in [-0.2, 0) is 4.74 Å². The molecule has 1 aliphatic heterocycles. The number of benzene rings is 1. The van der Waals surface area contributed by atoms with Gasteiger partial charge in [0.05, 0.1) is 13.2 Å². The highest BCUT2D eigenvalue weighted by Gasteiger charge is 2.23. The standard InChI is InChI=1S/C19H30N2O/c1-16(15-21-11-13-22-14-12-21)20-19-9-7-18(8-10-19)17-5-3-2-4-6-17/h2-6,16,18-20H,7-15H2,1H3. The monoisotopic (exact) mass is 302 g/mol. The topological polar surface area (TPSA) is 24.5 Å². The van der Waals surface area contributed by atoms with E-state index in [1.807, 2.05) is 0 Å². The molecule has 1 saturated heterocycles. The van der Waals surface area contributed by atoms with E-state index in [0.29, 0.717) is 12.1 Å². The van der Waals surface area contributed by atoms with Gasteiger partial charge in [-0.05, 0) is 44.1 Å². The molecule has 0 bridgehead atoms. The summed E-state index contributed by atoms with van der Waals surface area (Å²) < 4.78 is 5.42. The molecule has 1 aliphatic carbocycles. The summed E-state index contributed by atoms with van der Waals surface area (Å²) in [7, 11) is 0. The summed E-state index contributed by atoms with van der Waals surface area (Å²) in [5.41, 5.74) is 1.53. The van der Waals surface area contributed by atoms with E-state index >= 15 is 0 Å². The fraction of sp³-hybridized carbons (Fsp3) is 0.684. The van der Waals surface area contributed by atoms with Crippen molar-refractivity contribution in [2.75, 3.05) is 32.8 Å². The predicted octanol–water partition coefficient (Wildman–Crippen LogP) is 3.02. The van der Waals surface area contributed by atoms with Gasteiger partial charge in [0.1, 0.15) is 0 Å². The molecule has 3 rings (SSSR count). The Morgan fingerprint density at radius 3 is 2.45 bits per heavy atom. The number of nitrogens with zero attached hydrogens (tertiary/aromatic N) is 1. The Morgan fingerprint density at radius 2 is 1.77 bits per heavy atom. The molecule has 2 fully saturated rings. The SMILES string of the molecule is CC(CN1CCOCC1)NC1CCC(c2ccccc2)CC1. The second-order valence-corrected chi connectivity index (χ2v) is 6.94. The Hall–Kier alpha value is -0.900. The third-order valence-electron chi connectivity index (χ3n) is 5.15. The molecule has 3 nitrogen and oxygen atoms in total. The molecule has 1 aromatic carbocycles. The molecule has 0 radical (unpaired) electrons. The van der Waals surface area contributed by atoms with Gasteiger partial charge in [0.25, 0.3) is 0 Å². The molecule has 1 unspecified atom stereocenters. The Bertz CT molecular complexity index is 422. The van der Waals surface area contributed by atoms with E-state index in [9.17, 15) is 0 Å². The van der Waals surface area contributed by atoms with Gasteiger partial charge in [0.2, 0.25) is 0 Å². The summed E-state index contributed by atoms with van der Waals surface area (Å²) in [6.07, 6.45) is 5.28. The highest BCUT2D eigenvalue weighted by atomic mass is 16.5. The number of rotatable bonds is 5. The normalized spacial score (nSPS) is 28.4. The molecule has 3 heteroatoms. The molecule has 1 saturated carbocycles. The van der Waals surface area contributed by atoms with Crippen molar-refractivity contribution in [3.05, 3.63) is 35.9 Å². The van der Waals surface area contributed by atoms with E-state index in [2.05, 4.69) is 47.5 Å². The second-order valence-electron chi connectivity index (χ2n) is 6.94. The van der Waals surface area contributed by atoms with Gasteiger partial charge in [-0.1, -0.05) is 30.3 Å². The van der Waals surface area contributed by atoms with Gasteiger partial charge in [-0.25, -0.2) is 0 Å². The van der Waals surface area contributed by atoms with Crippen molar-refractivity contribution < 1.29 is 4.74 Å². The zero-order valence-corrected chi connectivity index (χ0v) is 13.8. The molecule has 0 spiro atoms. The van der Waals surface area contributed by atoms with Crippen LogP contribution in [0.15, 0.2) is 30.3 Å². The highest BCUT2D eigenvalue weighted by Crippen LogP contribution is 2.32. The minimum atomic E-state index is 0.580. The molecule has 1 aromatic rings. The minimum Gasteiger partial charge on any atom is -0.379 e. The molecule has 1 heterocycles. The zero-order valence-electron chi connectivity index (χ0n) is 13.8. The first-order valence-corrected chi connectivity index (χ1v) is 8.92. The van der Waals surface area contributed by atoms with Crippen LogP contribution in [0.25, 0.3) is 0 Å². The lowest BCUT2D eigenvalue weighted by molar-refractivity contribution is 0.0335. The van der Waals surface area contributed by atoms with Gasteiger partial charge in [-0.15, -0.1) is 0 Å². The van der Waals surface area contributed by atoms with Gasteiger partial charge in [-0.2, -0.15) is 0 Å². The van der Waals surface area contributed by atoms with Crippen LogP contribution in [0.1, 0.15) is 44.1 Å². The van der Waals surface area contributed by atoms with Crippen LogP contribution >= 0.6 is 0 Å². The van der Waals surface area contributed by atoms with Crippen LogP contribution in [-0.4, -0.2) is 49.8 Å². The van der Waals surface area contributed by atoms with E-state index in [1.54, 1.807) is 0 Å². The molecule has 0 amide bonds. The fourth-order valence-corrected chi connectivity index (χ4v) is 3.94. The summed E-state index contributed by atoms with van der Waals surface area (Å²) in [6, 6.07) is 12.3. The Balaban J connectivity index is 1.39. The van der Waals surface area contributed by atoms with Crippen LogP contribution in [0, 0.1) is 0 Å². The van der Waals surface area contributed by atoms with Crippen molar-refractivity contribution >= 4 is 0 Å². The lowest BCUT2D eigenvalue weighted by Crippen LogP contribution is -2.47. The third-order valence-corrected chi connectivity index (χ3v) is 5.15. The lowest BCUT2D eigenvalue weighted by Gasteiger charge is -2.34. The first-order valence-electron chi connectivity index (χ1n) is 8.92. The Labute approximate surface area is 135 Å². The van der Waals surface area contributed by atoms with Crippen molar-refractivity contribution in [1.82, 2.24) is 10.2 Å². The minimum absolute atomic E-state index is 0.580. The van der Waals surface area contributed by atoms with Crippen LogP contribution in [0.5, 0.6) is 0 Å². The average Bonchev–Trinajstić information content (AvgIpc) is 2.57. The summed E-state index contributed by atoms with van der Waals surface area (Å²) in [4.78, 5) is 2.52.